The number of aliphatic carboxylic acids is 1. The molecule has 0 saturated carbocycles. The summed E-state index contributed by atoms with van der Waals surface area (Å²) in [5, 5.41) is 10.8. The molecule has 0 aliphatic carbocycles. The van der Waals surface area contributed by atoms with Gasteiger partial charge in [0.1, 0.15) is 6.23 Å². The van der Waals surface area contributed by atoms with Gasteiger partial charge in [-0.1, -0.05) is 13.3 Å². The second kappa shape index (κ2) is 8.05. The topological polar surface area (TPSA) is 84.9 Å². The highest BCUT2D eigenvalue weighted by atomic mass is 16.6. The van der Waals surface area contributed by atoms with Crippen LogP contribution in [0.2, 0.25) is 0 Å². The number of methoxy groups -OCH3 is 1. The standard InChI is InChI=1S/C9H17NO5/c1-3-4-5-15-9(13)10-7(14-2)6-8(11)12/h7H,3-6H2,1-2H3,(H,10,13)(H,11,12). The van der Waals surface area contributed by atoms with Crippen LogP contribution in [0.1, 0.15) is 26.2 Å². The van der Waals surface area contributed by atoms with Gasteiger partial charge in [0.25, 0.3) is 0 Å². The van der Waals surface area contributed by atoms with E-state index in [1.165, 1.54) is 7.11 Å². The largest absolute Gasteiger partial charge is 0.481 e. The van der Waals surface area contributed by atoms with Crippen LogP contribution in [0.4, 0.5) is 4.79 Å². The van der Waals surface area contributed by atoms with E-state index in [-0.39, 0.29) is 6.42 Å². The normalized spacial score (nSPS) is 11.9. The number of ether oxygens (including phenoxy) is 2. The third-order valence-corrected chi connectivity index (χ3v) is 1.65. The fourth-order valence-electron chi connectivity index (χ4n) is 0.834. The van der Waals surface area contributed by atoms with Crippen molar-refractivity contribution in [2.24, 2.45) is 0 Å². The minimum atomic E-state index is -1.05. The lowest BCUT2D eigenvalue weighted by Crippen LogP contribution is -2.38. The van der Waals surface area contributed by atoms with Gasteiger partial charge in [0.2, 0.25) is 0 Å². The molecule has 6 nitrogen and oxygen atoms in total. The Kier molecular flexibility index (Phi) is 7.35. The molecule has 6 heteroatoms. The van der Waals surface area contributed by atoms with E-state index in [2.05, 4.69) is 5.32 Å². The molecule has 0 radical (unpaired) electrons. The molecule has 88 valence electrons. The van der Waals surface area contributed by atoms with E-state index in [4.69, 9.17) is 14.6 Å². The summed E-state index contributed by atoms with van der Waals surface area (Å²) in [5.74, 6) is -1.05. The zero-order valence-electron chi connectivity index (χ0n) is 8.99. The lowest BCUT2D eigenvalue weighted by Gasteiger charge is -2.14. The van der Waals surface area contributed by atoms with Crippen LogP contribution in [0.15, 0.2) is 0 Å². The van der Waals surface area contributed by atoms with Crippen LogP contribution >= 0.6 is 0 Å². The maximum Gasteiger partial charge on any atom is 0.409 e. The van der Waals surface area contributed by atoms with Crippen LogP contribution < -0.4 is 5.32 Å². The van der Waals surface area contributed by atoms with Gasteiger partial charge in [0.05, 0.1) is 13.0 Å². The molecule has 0 aliphatic heterocycles. The lowest BCUT2D eigenvalue weighted by molar-refractivity contribution is -0.140. The molecular weight excluding hydrogens is 202 g/mol. The van der Waals surface area contributed by atoms with Crippen LogP contribution in [-0.2, 0) is 14.3 Å². The Balaban J connectivity index is 3.75. The Labute approximate surface area is 88.6 Å². The van der Waals surface area contributed by atoms with Gasteiger partial charge < -0.3 is 14.6 Å². The van der Waals surface area contributed by atoms with Crippen LogP contribution in [0.3, 0.4) is 0 Å². The summed E-state index contributed by atoms with van der Waals surface area (Å²) in [6.07, 6.45) is -0.0902. The molecule has 0 bridgehead atoms. The number of carbonyl (C=O) groups is 2. The maximum absolute atomic E-state index is 11.1. The average Bonchev–Trinajstić information content (AvgIpc) is 2.16. The molecule has 1 unspecified atom stereocenters. The summed E-state index contributed by atoms with van der Waals surface area (Å²) in [6.45, 7) is 2.30. The molecule has 0 rings (SSSR count). The first-order valence-corrected chi connectivity index (χ1v) is 4.78. The number of carboxylic acids is 1. The van der Waals surface area contributed by atoms with Gasteiger partial charge in [-0.15, -0.1) is 0 Å². The van der Waals surface area contributed by atoms with Gasteiger partial charge in [-0.25, -0.2) is 4.79 Å². The Morgan fingerprint density at radius 3 is 2.60 bits per heavy atom. The minimum Gasteiger partial charge on any atom is -0.481 e. The van der Waals surface area contributed by atoms with Crippen molar-refractivity contribution in [3.8, 4) is 0 Å². The summed E-state index contributed by atoms with van der Waals surface area (Å²) < 4.78 is 9.52. The van der Waals surface area contributed by atoms with Gasteiger partial charge in [0.15, 0.2) is 0 Å². The van der Waals surface area contributed by atoms with Gasteiger partial charge in [-0.05, 0) is 6.42 Å². The highest BCUT2D eigenvalue weighted by molar-refractivity contribution is 5.70. The number of amides is 1. The van der Waals surface area contributed by atoms with E-state index < -0.39 is 18.3 Å². The predicted octanol–water partition coefficient (Wildman–Crippen LogP) is 0.960. The Morgan fingerprint density at radius 2 is 2.13 bits per heavy atom. The Bertz CT molecular complexity index is 207. The third-order valence-electron chi connectivity index (χ3n) is 1.65. The molecule has 0 aromatic carbocycles. The molecule has 0 aromatic rings. The third kappa shape index (κ3) is 7.75. The minimum absolute atomic E-state index is 0.292. The second-order valence-electron chi connectivity index (χ2n) is 2.96. The molecule has 0 fully saturated rings. The quantitative estimate of drug-likeness (QED) is 0.492. The van der Waals surface area contributed by atoms with Gasteiger partial charge in [0, 0.05) is 7.11 Å². The maximum atomic E-state index is 11.1. The summed E-state index contributed by atoms with van der Waals surface area (Å²) >= 11 is 0. The smallest absolute Gasteiger partial charge is 0.409 e. The van der Waals surface area contributed by atoms with Gasteiger partial charge in [-0.2, -0.15) is 0 Å². The van der Waals surface area contributed by atoms with Crippen molar-refractivity contribution in [3.63, 3.8) is 0 Å². The van der Waals surface area contributed by atoms with Crippen LogP contribution in [0, 0.1) is 0 Å². The molecule has 15 heavy (non-hydrogen) atoms. The van der Waals surface area contributed by atoms with Crippen molar-refractivity contribution in [2.75, 3.05) is 13.7 Å². The summed E-state index contributed by atoms with van der Waals surface area (Å²) in [5.41, 5.74) is 0. The monoisotopic (exact) mass is 219 g/mol. The SMILES string of the molecule is CCCCOC(=O)NC(CC(=O)O)OC. The predicted molar refractivity (Wildman–Crippen MR) is 52.4 cm³/mol. The molecule has 0 aromatic heterocycles. The number of hydrogen-bond acceptors (Lipinski definition) is 4. The van der Waals surface area contributed by atoms with Crippen molar-refractivity contribution in [3.05, 3.63) is 0 Å². The van der Waals surface area contributed by atoms with Crippen molar-refractivity contribution < 1.29 is 24.2 Å². The Morgan fingerprint density at radius 1 is 1.47 bits per heavy atom. The number of carbonyl (C=O) groups excluding carboxylic acids is 1. The van der Waals surface area contributed by atoms with Crippen LogP contribution in [0.5, 0.6) is 0 Å². The zero-order chi connectivity index (χ0) is 11.7. The van der Waals surface area contributed by atoms with E-state index >= 15 is 0 Å². The van der Waals surface area contributed by atoms with Crippen molar-refractivity contribution in [2.45, 2.75) is 32.4 Å². The number of nitrogens with one attached hydrogen (secondary N) is 1. The lowest BCUT2D eigenvalue weighted by atomic mass is 10.4. The second-order valence-corrected chi connectivity index (χ2v) is 2.96. The molecule has 0 spiro atoms. The first kappa shape index (κ1) is 13.7. The van der Waals surface area contributed by atoms with Gasteiger partial charge >= 0.3 is 12.1 Å². The van der Waals surface area contributed by atoms with Crippen LogP contribution in [0.25, 0.3) is 0 Å². The summed E-state index contributed by atoms with van der Waals surface area (Å²) in [6, 6.07) is 0. The number of carboxylic acid groups (broad SMARTS) is 1. The molecule has 1 amide bonds. The van der Waals surface area contributed by atoms with E-state index in [1.807, 2.05) is 6.92 Å². The number of rotatable bonds is 7. The van der Waals surface area contributed by atoms with E-state index in [9.17, 15) is 9.59 Å². The van der Waals surface area contributed by atoms with Crippen LogP contribution in [-0.4, -0.2) is 37.1 Å². The fourth-order valence-corrected chi connectivity index (χ4v) is 0.834. The number of unbranched alkanes of at least 4 members (excludes halogenated alkanes) is 1. The average molecular weight is 219 g/mol. The van der Waals surface area contributed by atoms with E-state index in [1.54, 1.807) is 0 Å². The molecule has 0 aliphatic rings. The van der Waals surface area contributed by atoms with Crippen molar-refractivity contribution >= 4 is 12.1 Å². The van der Waals surface area contributed by atoms with Crippen molar-refractivity contribution in [1.82, 2.24) is 5.32 Å². The number of alkyl carbamates (subject to hydrolysis) is 1. The zero-order valence-corrected chi connectivity index (χ0v) is 8.99. The molecule has 0 saturated heterocycles. The first-order chi connectivity index (χ1) is 7.10. The first-order valence-electron chi connectivity index (χ1n) is 4.78. The summed E-state index contributed by atoms with van der Waals surface area (Å²) in [4.78, 5) is 21.4. The van der Waals surface area contributed by atoms with E-state index in [0.29, 0.717) is 6.61 Å². The van der Waals surface area contributed by atoms with Crippen molar-refractivity contribution in [1.29, 1.82) is 0 Å². The molecular formula is C9H17NO5. The highest BCUT2D eigenvalue weighted by Crippen LogP contribution is 1.95. The Hall–Kier alpha value is -1.30. The fraction of sp³-hybridized carbons (Fsp3) is 0.778. The summed E-state index contributed by atoms with van der Waals surface area (Å²) in [7, 11) is 1.32. The van der Waals surface area contributed by atoms with E-state index in [0.717, 1.165) is 12.8 Å². The molecule has 0 heterocycles. The molecule has 1 atom stereocenters. The number of hydrogen-bond donors (Lipinski definition) is 2. The van der Waals surface area contributed by atoms with Gasteiger partial charge in [-0.3, -0.25) is 10.1 Å². The highest BCUT2D eigenvalue weighted by Gasteiger charge is 2.15. The molecule has 2 N–H and O–H groups in total.